The highest BCUT2D eigenvalue weighted by Crippen LogP contribution is 2.47. The van der Waals surface area contributed by atoms with Crippen LogP contribution in [0.1, 0.15) is 0 Å². The normalized spacial score (nSPS) is 12.6. The average Bonchev–Trinajstić information content (AvgIpc) is 3.62. The SMILES string of the molecule is c1ccc2c(-c3nc(-n4c5ccc6cccc7c6c5c5c6c(ccc8c9ccccc9n7c86)ccc54)nc4ccccc34)cccc2c1. The van der Waals surface area contributed by atoms with Crippen LogP contribution in [-0.2, 0) is 0 Å². The van der Waals surface area contributed by atoms with Crippen molar-refractivity contribution in [1.29, 1.82) is 0 Å². The Morgan fingerprint density at radius 2 is 1.02 bits per heavy atom. The van der Waals surface area contributed by atoms with Gasteiger partial charge in [-0.25, -0.2) is 9.97 Å². The van der Waals surface area contributed by atoms with Gasteiger partial charge in [0.15, 0.2) is 0 Å². The van der Waals surface area contributed by atoms with Crippen LogP contribution in [-0.4, -0.2) is 18.9 Å². The molecule has 8 aromatic carbocycles. The van der Waals surface area contributed by atoms with E-state index in [0.717, 1.165) is 33.2 Å². The van der Waals surface area contributed by atoms with Gasteiger partial charge in [-0.3, -0.25) is 4.57 Å². The second-order valence-corrected chi connectivity index (χ2v) is 13.0. The lowest BCUT2D eigenvalue weighted by molar-refractivity contribution is 1.01. The van der Waals surface area contributed by atoms with Crippen molar-refractivity contribution in [3.8, 4) is 17.2 Å². The largest absolute Gasteiger partial charge is 0.308 e. The summed E-state index contributed by atoms with van der Waals surface area (Å²) in [4.78, 5) is 10.8. The van der Waals surface area contributed by atoms with E-state index in [-0.39, 0.29) is 0 Å². The fraction of sp³-hybridized carbons (Fsp3) is 0. The molecule has 0 bridgehead atoms. The van der Waals surface area contributed by atoms with Crippen molar-refractivity contribution in [2.75, 3.05) is 0 Å². The summed E-state index contributed by atoms with van der Waals surface area (Å²) in [5.74, 6) is 0.682. The lowest BCUT2D eigenvalue weighted by atomic mass is 9.98. The number of para-hydroxylation sites is 2. The molecular weight excluding hydrogens is 585 g/mol. The average molecular weight is 609 g/mol. The fourth-order valence-electron chi connectivity index (χ4n) is 8.67. The van der Waals surface area contributed by atoms with E-state index in [1.54, 1.807) is 0 Å². The molecule has 12 aromatic rings. The minimum atomic E-state index is 0.682. The van der Waals surface area contributed by atoms with Crippen molar-refractivity contribution in [3.05, 3.63) is 146 Å². The second-order valence-electron chi connectivity index (χ2n) is 13.0. The molecule has 48 heavy (non-hydrogen) atoms. The standard InChI is InChI=1S/C44H24N4/c1-2-12-28-25(9-1)10-7-15-30(28)42-32-14-3-5-16-33(32)45-44(46-42)48-36-23-20-26-11-8-18-35-38(26)40(36)41-37(48)24-21-27-19-22-31-29-13-4-6-17-34(29)47(35)43(31)39(27)41/h1-24H. The van der Waals surface area contributed by atoms with Crippen molar-refractivity contribution in [3.63, 3.8) is 0 Å². The van der Waals surface area contributed by atoms with Crippen molar-refractivity contribution < 1.29 is 0 Å². The first-order chi connectivity index (χ1) is 23.8. The maximum atomic E-state index is 5.48. The number of aromatic nitrogens is 4. The van der Waals surface area contributed by atoms with E-state index in [0.29, 0.717) is 5.95 Å². The minimum absolute atomic E-state index is 0.682. The Morgan fingerprint density at radius 3 is 1.92 bits per heavy atom. The van der Waals surface area contributed by atoms with Crippen LogP contribution in [0.25, 0.3) is 110 Å². The summed E-state index contributed by atoms with van der Waals surface area (Å²) in [5, 5.41) is 13.5. The summed E-state index contributed by atoms with van der Waals surface area (Å²) in [6, 6.07) is 52.6. The summed E-state index contributed by atoms with van der Waals surface area (Å²) in [7, 11) is 0. The predicted octanol–water partition coefficient (Wildman–Crippen LogP) is 11.3. The lowest BCUT2D eigenvalue weighted by Gasteiger charge is -2.14. The van der Waals surface area contributed by atoms with Gasteiger partial charge in [-0.2, -0.15) is 0 Å². The third kappa shape index (κ3) is 2.92. The summed E-state index contributed by atoms with van der Waals surface area (Å²) in [6.07, 6.45) is 0. The molecule has 220 valence electrons. The Morgan fingerprint density at radius 1 is 0.375 bits per heavy atom. The van der Waals surface area contributed by atoms with Gasteiger partial charge in [0.25, 0.3) is 0 Å². The van der Waals surface area contributed by atoms with Crippen LogP contribution in [0.5, 0.6) is 0 Å². The van der Waals surface area contributed by atoms with E-state index < -0.39 is 0 Å². The maximum absolute atomic E-state index is 5.48. The van der Waals surface area contributed by atoms with E-state index in [4.69, 9.17) is 9.97 Å². The van der Waals surface area contributed by atoms with E-state index in [1.807, 2.05) is 0 Å². The molecule has 4 aromatic heterocycles. The van der Waals surface area contributed by atoms with Gasteiger partial charge in [0.1, 0.15) is 0 Å². The third-order valence-corrected chi connectivity index (χ3v) is 10.6. The van der Waals surface area contributed by atoms with Crippen molar-refractivity contribution >= 4 is 92.3 Å². The Hall–Kier alpha value is -6.52. The topological polar surface area (TPSA) is 35.1 Å². The molecule has 0 saturated heterocycles. The number of nitrogens with zero attached hydrogens (tertiary/aromatic N) is 4. The van der Waals surface area contributed by atoms with Gasteiger partial charge in [0.05, 0.1) is 38.8 Å². The van der Waals surface area contributed by atoms with Crippen LogP contribution in [0.4, 0.5) is 0 Å². The first kappa shape index (κ1) is 24.7. The van der Waals surface area contributed by atoms with Crippen LogP contribution in [0.2, 0.25) is 0 Å². The molecule has 0 N–H and O–H groups in total. The number of hydrogen-bond acceptors (Lipinski definition) is 2. The van der Waals surface area contributed by atoms with Gasteiger partial charge in [-0.05, 0) is 51.9 Å². The zero-order valence-electron chi connectivity index (χ0n) is 25.6. The van der Waals surface area contributed by atoms with Gasteiger partial charge >= 0.3 is 0 Å². The highest BCUT2D eigenvalue weighted by atomic mass is 15.2. The van der Waals surface area contributed by atoms with Gasteiger partial charge in [0.2, 0.25) is 5.95 Å². The van der Waals surface area contributed by atoms with Gasteiger partial charge < -0.3 is 4.40 Å². The molecule has 4 heterocycles. The Labute approximate surface area is 273 Å². The first-order valence-corrected chi connectivity index (χ1v) is 16.4. The Kier molecular flexibility index (Phi) is 4.44. The molecule has 4 nitrogen and oxygen atoms in total. The number of fused-ring (bicyclic) bond motifs is 6. The zero-order chi connectivity index (χ0) is 31.1. The van der Waals surface area contributed by atoms with Crippen molar-refractivity contribution in [2.24, 2.45) is 0 Å². The molecule has 0 atom stereocenters. The summed E-state index contributed by atoms with van der Waals surface area (Å²) in [5.41, 5.74) is 8.92. The lowest BCUT2D eigenvalue weighted by Crippen LogP contribution is -2.03. The van der Waals surface area contributed by atoms with Gasteiger partial charge in [0, 0.05) is 43.3 Å². The zero-order valence-corrected chi connectivity index (χ0v) is 25.6. The van der Waals surface area contributed by atoms with Crippen molar-refractivity contribution in [2.45, 2.75) is 0 Å². The van der Waals surface area contributed by atoms with E-state index in [9.17, 15) is 0 Å². The Balaban J connectivity index is 1.32. The third-order valence-electron chi connectivity index (χ3n) is 10.6. The van der Waals surface area contributed by atoms with E-state index in [1.165, 1.54) is 70.4 Å². The van der Waals surface area contributed by atoms with Gasteiger partial charge in [-0.15, -0.1) is 0 Å². The summed E-state index contributed by atoms with van der Waals surface area (Å²) >= 11 is 0. The van der Waals surface area contributed by atoms with Crippen LogP contribution in [0.15, 0.2) is 146 Å². The van der Waals surface area contributed by atoms with Crippen LogP contribution in [0.3, 0.4) is 0 Å². The smallest absolute Gasteiger partial charge is 0.235 e. The molecule has 0 saturated carbocycles. The molecule has 0 fully saturated rings. The molecule has 0 radical (unpaired) electrons. The van der Waals surface area contributed by atoms with Crippen LogP contribution in [0, 0.1) is 0 Å². The minimum Gasteiger partial charge on any atom is -0.308 e. The van der Waals surface area contributed by atoms with E-state index >= 15 is 0 Å². The molecule has 12 rings (SSSR count). The maximum Gasteiger partial charge on any atom is 0.235 e. The highest BCUT2D eigenvalue weighted by molar-refractivity contribution is 6.37. The molecule has 0 aliphatic carbocycles. The molecule has 0 amide bonds. The summed E-state index contributed by atoms with van der Waals surface area (Å²) < 4.78 is 4.81. The molecule has 4 heteroatoms. The molecule has 0 aliphatic heterocycles. The number of rotatable bonds is 2. The molecular formula is C44H24N4. The van der Waals surface area contributed by atoms with Gasteiger partial charge in [-0.1, -0.05) is 115 Å². The summed E-state index contributed by atoms with van der Waals surface area (Å²) in [6.45, 7) is 0. The van der Waals surface area contributed by atoms with Crippen LogP contribution >= 0.6 is 0 Å². The predicted molar refractivity (Wildman–Crippen MR) is 200 cm³/mol. The van der Waals surface area contributed by atoms with Crippen molar-refractivity contribution in [1.82, 2.24) is 18.9 Å². The fourth-order valence-corrected chi connectivity index (χ4v) is 8.67. The highest BCUT2D eigenvalue weighted by Gasteiger charge is 2.25. The molecule has 0 aliphatic rings. The van der Waals surface area contributed by atoms with Crippen LogP contribution < -0.4 is 0 Å². The quantitative estimate of drug-likeness (QED) is 0.196. The number of hydrogen-bond donors (Lipinski definition) is 0. The molecule has 0 unspecified atom stereocenters. The Bertz CT molecular complexity index is 3280. The first-order valence-electron chi connectivity index (χ1n) is 16.4. The monoisotopic (exact) mass is 608 g/mol. The van der Waals surface area contributed by atoms with E-state index in [2.05, 4.69) is 155 Å². The molecule has 0 spiro atoms. The second kappa shape index (κ2) is 8.64. The number of benzene rings is 8.